The van der Waals surface area contributed by atoms with Gasteiger partial charge < -0.3 is 10.6 Å². The molecule has 2 heterocycles. The first-order chi connectivity index (χ1) is 9.51. The monoisotopic (exact) mass is 270 g/mol. The number of aromatic nitrogens is 2. The predicted octanol–water partition coefficient (Wildman–Crippen LogP) is 2.76. The van der Waals surface area contributed by atoms with E-state index in [4.69, 9.17) is 0 Å². The zero-order valence-electron chi connectivity index (χ0n) is 12.1. The van der Waals surface area contributed by atoms with Crippen LogP contribution in [0.4, 0.5) is 11.5 Å². The van der Waals surface area contributed by atoms with Gasteiger partial charge in [-0.05, 0) is 37.1 Å². The van der Waals surface area contributed by atoms with Gasteiger partial charge in [-0.15, -0.1) is 0 Å². The Labute approximate surface area is 118 Å². The number of rotatable bonds is 3. The first kappa shape index (κ1) is 14.0. The molecular formula is C15H18N4O. The summed E-state index contributed by atoms with van der Waals surface area (Å²) in [6.45, 7) is 5.41. The number of nitrogens with one attached hydrogen (secondary N) is 2. The molecule has 0 aliphatic rings. The Morgan fingerprint density at radius 3 is 2.55 bits per heavy atom. The maximum Gasteiger partial charge on any atom is 0.222 e. The molecule has 0 bridgehead atoms. The Morgan fingerprint density at radius 1 is 1.15 bits per heavy atom. The molecule has 5 heteroatoms. The fourth-order valence-electron chi connectivity index (χ4n) is 2.02. The summed E-state index contributed by atoms with van der Waals surface area (Å²) in [6, 6.07) is 3.91. The number of carbonyl (C=O) groups excluding carboxylic acids is 1. The van der Waals surface area contributed by atoms with Crippen molar-refractivity contribution in [2.24, 2.45) is 0 Å². The van der Waals surface area contributed by atoms with Gasteiger partial charge in [0.15, 0.2) is 0 Å². The number of pyridine rings is 2. The molecule has 0 fully saturated rings. The Morgan fingerprint density at radius 2 is 1.90 bits per heavy atom. The second kappa shape index (κ2) is 5.69. The normalized spacial score (nSPS) is 10.2. The Bertz CT molecular complexity index is 652. The number of aryl methyl sites for hydroxylation is 2. The quantitative estimate of drug-likeness (QED) is 0.900. The Hall–Kier alpha value is -2.43. The van der Waals surface area contributed by atoms with Gasteiger partial charge in [-0.3, -0.25) is 9.78 Å². The van der Waals surface area contributed by atoms with Gasteiger partial charge in [-0.2, -0.15) is 0 Å². The van der Waals surface area contributed by atoms with Gasteiger partial charge in [0, 0.05) is 31.9 Å². The molecule has 2 aromatic heterocycles. The molecule has 0 aromatic carbocycles. The van der Waals surface area contributed by atoms with Crippen molar-refractivity contribution in [3.8, 4) is 11.1 Å². The molecule has 0 atom stereocenters. The number of nitrogens with zero attached hydrogens (tertiary/aromatic N) is 2. The van der Waals surface area contributed by atoms with Crippen LogP contribution in [0.25, 0.3) is 11.1 Å². The molecule has 1 amide bonds. The lowest BCUT2D eigenvalue weighted by Gasteiger charge is -2.11. The van der Waals surface area contributed by atoms with Gasteiger partial charge in [0.05, 0.1) is 11.4 Å². The van der Waals surface area contributed by atoms with Gasteiger partial charge in [-0.1, -0.05) is 0 Å². The van der Waals surface area contributed by atoms with E-state index in [1.165, 1.54) is 6.92 Å². The molecule has 0 aliphatic carbocycles. The molecule has 5 nitrogen and oxygen atoms in total. The van der Waals surface area contributed by atoms with E-state index in [9.17, 15) is 4.79 Å². The summed E-state index contributed by atoms with van der Waals surface area (Å²) in [7, 11) is 1.87. The summed E-state index contributed by atoms with van der Waals surface area (Å²) >= 11 is 0. The van der Waals surface area contributed by atoms with E-state index in [-0.39, 0.29) is 5.91 Å². The third kappa shape index (κ3) is 2.93. The third-order valence-electron chi connectivity index (χ3n) is 3.07. The van der Waals surface area contributed by atoms with Crippen LogP contribution in [0.3, 0.4) is 0 Å². The van der Waals surface area contributed by atoms with E-state index < -0.39 is 0 Å². The number of amides is 1. The molecule has 0 spiro atoms. The predicted molar refractivity (Wildman–Crippen MR) is 80.8 cm³/mol. The zero-order valence-corrected chi connectivity index (χ0v) is 12.1. The van der Waals surface area contributed by atoms with Crippen molar-refractivity contribution in [1.82, 2.24) is 9.97 Å². The fourth-order valence-corrected chi connectivity index (χ4v) is 2.02. The summed E-state index contributed by atoms with van der Waals surface area (Å²) in [5.41, 5.74) is 4.97. The maximum atomic E-state index is 11.1. The minimum atomic E-state index is -0.134. The second-order valence-corrected chi connectivity index (χ2v) is 4.67. The Balaban J connectivity index is 2.48. The molecule has 0 unspecified atom stereocenters. The molecule has 20 heavy (non-hydrogen) atoms. The minimum absolute atomic E-state index is 0.134. The van der Waals surface area contributed by atoms with Crippen LogP contribution < -0.4 is 10.6 Å². The SMILES string of the molecule is CNc1cc(-c2cc(NC(C)=O)ncc2C)cnc1C. The largest absolute Gasteiger partial charge is 0.387 e. The van der Waals surface area contributed by atoms with Crippen LogP contribution in [0.15, 0.2) is 24.5 Å². The lowest BCUT2D eigenvalue weighted by Crippen LogP contribution is -2.07. The van der Waals surface area contributed by atoms with Crippen LogP contribution >= 0.6 is 0 Å². The van der Waals surface area contributed by atoms with Gasteiger partial charge >= 0.3 is 0 Å². The first-order valence-electron chi connectivity index (χ1n) is 6.40. The number of carbonyl (C=O) groups is 1. The molecule has 0 radical (unpaired) electrons. The van der Waals surface area contributed by atoms with Crippen LogP contribution in [-0.2, 0) is 4.79 Å². The number of anilines is 2. The molecule has 2 rings (SSSR count). The van der Waals surface area contributed by atoms with E-state index in [0.717, 1.165) is 28.1 Å². The molecule has 0 saturated heterocycles. The van der Waals surface area contributed by atoms with E-state index in [0.29, 0.717) is 5.82 Å². The van der Waals surface area contributed by atoms with Crippen molar-refractivity contribution in [3.05, 3.63) is 35.8 Å². The average Bonchev–Trinajstić information content (AvgIpc) is 2.41. The summed E-state index contributed by atoms with van der Waals surface area (Å²) in [6.07, 6.45) is 3.58. The summed E-state index contributed by atoms with van der Waals surface area (Å²) in [4.78, 5) is 19.7. The van der Waals surface area contributed by atoms with Crippen LogP contribution in [0.1, 0.15) is 18.2 Å². The van der Waals surface area contributed by atoms with Crippen molar-refractivity contribution in [3.63, 3.8) is 0 Å². The average molecular weight is 270 g/mol. The van der Waals surface area contributed by atoms with E-state index >= 15 is 0 Å². The van der Waals surface area contributed by atoms with Gasteiger partial charge in [-0.25, -0.2) is 4.98 Å². The fraction of sp³-hybridized carbons (Fsp3) is 0.267. The highest BCUT2D eigenvalue weighted by molar-refractivity contribution is 5.88. The van der Waals surface area contributed by atoms with Crippen LogP contribution in [0.2, 0.25) is 0 Å². The van der Waals surface area contributed by atoms with E-state index in [1.807, 2.05) is 39.2 Å². The highest BCUT2D eigenvalue weighted by atomic mass is 16.1. The minimum Gasteiger partial charge on any atom is -0.387 e. The highest BCUT2D eigenvalue weighted by Crippen LogP contribution is 2.27. The molecule has 0 saturated carbocycles. The zero-order chi connectivity index (χ0) is 14.7. The molecule has 2 aromatic rings. The van der Waals surface area contributed by atoms with Crippen molar-refractivity contribution >= 4 is 17.4 Å². The first-order valence-corrected chi connectivity index (χ1v) is 6.40. The van der Waals surface area contributed by atoms with Gasteiger partial charge in [0.1, 0.15) is 5.82 Å². The number of hydrogen-bond donors (Lipinski definition) is 2. The smallest absolute Gasteiger partial charge is 0.222 e. The Kier molecular flexibility index (Phi) is 3.98. The van der Waals surface area contributed by atoms with Crippen molar-refractivity contribution in [2.75, 3.05) is 17.7 Å². The van der Waals surface area contributed by atoms with Crippen LogP contribution in [0.5, 0.6) is 0 Å². The standard InChI is InChI=1S/C15H18N4O/c1-9-7-18-15(19-11(3)20)6-13(9)12-5-14(16-4)10(2)17-8-12/h5-8,16H,1-4H3,(H,18,19,20). The van der Waals surface area contributed by atoms with E-state index in [1.54, 1.807) is 6.20 Å². The topological polar surface area (TPSA) is 66.9 Å². The summed E-state index contributed by atoms with van der Waals surface area (Å²) < 4.78 is 0. The van der Waals surface area contributed by atoms with Gasteiger partial charge in [0.2, 0.25) is 5.91 Å². The second-order valence-electron chi connectivity index (χ2n) is 4.67. The molecule has 2 N–H and O–H groups in total. The van der Waals surface area contributed by atoms with Crippen molar-refractivity contribution < 1.29 is 4.79 Å². The van der Waals surface area contributed by atoms with Crippen LogP contribution in [-0.4, -0.2) is 22.9 Å². The van der Waals surface area contributed by atoms with Gasteiger partial charge in [0.25, 0.3) is 0 Å². The van der Waals surface area contributed by atoms with Crippen LogP contribution in [0, 0.1) is 13.8 Å². The maximum absolute atomic E-state index is 11.1. The lowest BCUT2D eigenvalue weighted by molar-refractivity contribution is -0.114. The van der Waals surface area contributed by atoms with E-state index in [2.05, 4.69) is 20.6 Å². The highest BCUT2D eigenvalue weighted by Gasteiger charge is 2.08. The lowest BCUT2D eigenvalue weighted by atomic mass is 10.0. The molecular weight excluding hydrogens is 252 g/mol. The summed E-state index contributed by atoms with van der Waals surface area (Å²) in [5, 5.41) is 5.82. The molecule has 104 valence electrons. The third-order valence-corrected chi connectivity index (χ3v) is 3.07. The van der Waals surface area contributed by atoms with Crippen molar-refractivity contribution in [2.45, 2.75) is 20.8 Å². The summed E-state index contributed by atoms with van der Waals surface area (Å²) in [5.74, 6) is 0.412. The van der Waals surface area contributed by atoms with Crippen molar-refractivity contribution in [1.29, 1.82) is 0 Å². The number of hydrogen-bond acceptors (Lipinski definition) is 4. The molecule has 0 aliphatic heterocycles.